The Bertz CT molecular complexity index is 1490. The second kappa shape index (κ2) is 10.1. The van der Waals surface area contributed by atoms with Crippen molar-refractivity contribution in [2.75, 3.05) is 19.6 Å². The number of hydrogen-bond acceptors (Lipinski definition) is 6. The van der Waals surface area contributed by atoms with Crippen molar-refractivity contribution in [3.63, 3.8) is 0 Å². The van der Waals surface area contributed by atoms with Gasteiger partial charge in [0.15, 0.2) is 0 Å². The highest BCUT2D eigenvalue weighted by Crippen LogP contribution is 2.60. The molecule has 7 nitrogen and oxygen atoms in total. The Morgan fingerprint density at radius 3 is 2.41 bits per heavy atom. The molecule has 0 radical (unpaired) electrons. The highest BCUT2D eigenvalue weighted by atomic mass is 35.5. The molecular weight excluding hydrogens is 523 g/mol. The number of aromatic hydroxyl groups is 1. The third-order valence-electron chi connectivity index (χ3n) is 7.48. The number of ether oxygens (including phenoxy) is 2. The van der Waals surface area contributed by atoms with Crippen molar-refractivity contribution < 1.29 is 28.6 Å². The Morgan fingerprint density at radius 1 is 1.10 bits per heavy atom. The molecule has 5 rings (SSSR count). The van der Waals surface area contributed by atoms with Crippen molar-refractivity contribution >= 4 is 29.1 Å². The number of carbonyl (C=O) groups is 2. The van der Waals surface area contributed by atoms with Crippen molar-refractivity contribution in [1.29, 1.82) is 0 Å². The molecule has 39 heavy (non-hydrogen) atoms. The zero-order chi connectivity index (χ0) is 27.9. The van der Waals surface area contributed by atoms with Gasteiger partial charge in [0, 0.05) is 28.6 Å². The van der Waals surface area contributed by atoms with Crippen molar-refractivity contribution in [2.24, 2.45) is 5.92 Å². The van der Waals surface area contributed by atoms with E-state index in [1.807, 2.05) is 6.08 Å². The molecule has 2 N–H and O–H groups in total. The minimum atomic E-state index is -1.51. The molecule has 200 valence electrons. The summed E-state index contributed by atoms with van der Waals surface area (Å²) in [6.45, 7) is 3.97. The first-order valence-corrected chi connectivity index (χ1v) is 12.6. The van der Waals surface area contributed by atoms with Gasteiger partial charge in [0.1, 0.15) is 23.1 Å². The van der Waals surface area contributed by atoms with Gasteiger partial charge < -0.3 is 14.6 Å². The molecule has 1 heterocycles. The van der Waals surface area contributed by atoms with Crippen molar-refractivity contribution in [3.8, 4) is 17.2 Å². The van der Waals surface area contributed by atoms with Gasteiger partial charge in [-0.25, -0.2) is 4.39 Å². The molecule has 0 saturated carbocycles. The monoisotopic (exact) mass is 548 g/mol. The molecule has 2 amide bonds. The maximum absolute atomic E-state index is 14.6. The van der Waals surface area contributed by atoms with Gasteiger partial charge in [-0.3, -0.25) is 15.0 Å². The van der Waals surface area contributed by atoms with Crippen LogP contribution >= 0.6 is 11.6 Å². The van der Waals surface area contributed by atoms with Crippen LogP contribution in [0.4, 0.5) is 10.1 Å². The summed E-state index contributed by atoms with van der Waals surface area (Å²) in [6, 6.07) is 15.1. The van der Waals surface area contributed by atoms with Gasteiger partial charge in [-0.15, -0.1) is 0 Å². The van der Waals surface area contributed by atoms with Crippen LogP contribution in [0.5, 0.6) is 17.2 Å². The topological polar surface area (TPSA) is 88.1 Å². The summed E-state index contributed by atoms with van der Waals surface area (Å²) in [7, 11) is 2.92. The first kappa shape index (κ1) is 26.3. The van der Waals surface area contributed by atoms with Gasteiger partial charge in [-0.1, -0.05) is 42.5 Å². The summed E-state index contributed by atoms with van der Waals surface area (Å²) in [5, 5.41) is 12.7. The predicted octanol–water partition coefficient (Wildman–Crippen LogP) is 5.75. The minimum absolute atomic E-state index is 0.164. The lowest BCUT2D eigenvalue weighted by Crippen LogP contribution is -2.48. The SMILES string of the molecule is C=CC1=CCC2C(=O)N(Nc3ccc(F)cc3)C(=O)C2(c2ccc(Cl)cc2)C1c1c(O)cc(OC)cc1OC. The predicted molar refractivity (Wildman–Crippen MR) is 145 cm³/mol. The molecule has 3 unspecified atom stereocenters. The third kappa shape index (κ3) is 4.12. The lowest BCUT2D eigenvalue weighted by atomic mass is 9.55. The summed E-state index contributed by atoms with van der Waals surface area (Å²) in [4.78, 5) is 28.6. The number of nitrogens with zero attached hydrogens (tertiary/aromatic N) is 1. The molecule has 1 aliphatic carbocycles. The second-order valence-electron chi connectivity index (χ2n) is 9.37. The van der Waals surface area contributed by atoms with Crippen LogP contribution < -0.4 is 14.9 Å². The van der Waals surface area contributed by atoms with Crippen LogP contribution in [0.25, 0.3) is 0 Å². The number of carbonyl (C=O) groups excluding carboxylic acids is 2. The molecule has 0 aromatic heterocycles. The van der Waals surface area contributed by atoms with Crippen LogP contribution in [0.2, 0.25) is 5.02 Å². The number of phenolic OH excluding ortho intramolecular Hbond substituents is 1. The maximum atomic E-state index is 14.6. The van der Waals surface area contributed by atoms with E-state index in [1.54, 1.807) is 36.4 Å². The Hall–Kier alpha value is -4.30. The van der Waals surface area contributed by atoms with Crippen LogP contribution in [-0.2, 0) is 15.0 Å². The lowest BCUT2D eigenvalue weighted by Gasteiger charge is -2.43. The van der Waals surface area contributed by atoms with Crippen molar-refractivity contribution in [1.82, 2.24) is 5.01 Å². The number of imide groups is 1. The van der Waals surface area contributed by atoms with E-state index < -0.39 is 34.9 Å². The van der Waals surface area contributed by atoms with Crippen LogP contribution in [-0.4, -0.2) is 36.1 Å². The number of hydrogen-bond donors (Lipinski definition) is 2. The summed E-state index contributed by atoms with van der Waals surface area (Å²) in [5.41, 5.74) is 3.22. The van der Waals surface area contributed by atoms with Crippen LogP contribution in [0.3, 0.4) is 0 Å². The number of hydrazine groups is 1. The number of phenols is 1. The number of amides is 2. The Morgan fingerprint density at radius 2 is 1.79 bits per heavy atom. The molecule has 3 aromatic rings. The highest BCUT2D eigenvalue weighted by Gasteiger charge is 2.66. The number of rotatable bonds is 7. The number of methoxy groups -OCH3 is 2. The second-order valence-corrected chi connectivity index (χ2v) is 9.80. The summed E-state index contributed by atoms with van der Waals surface area (Å²) >= 11 is 6.21. The van der Waals surface area contributed by atoms with E-state index in [9.17, 15) is 19.1 Å². The maximum Gasteiger partial charge on any atom is 0.260 e. The fourth-order valence-electron chi connectivity index (χ4n) is 5.77. The van der Waals surface area contributed by atoms with E-state index in [0.717, 1.165) is 5.01 Å². The number of fused-ring (bicyclic) bond motifs is 1. The summed E-state index contributed by atoms with van der Waals surface area (Å²) in [6.07, 6.45) is 3.72. The normalized spacial score (nSPS) is 22.3. The third-order valence-corrected chi connectivity index (χ3v) is 7.74. The molecule has 1 aliphatic heterocycles. The van der Waals surface area contributed by atoms with Crippen LogP contribution in [0.15, 0.2) is 85.0 Å². The molecule has 1 saturated heterocycles. The van der Waals surface area contributed by atoms with Gasteiger partial charge in [-0.05, 0) is 54.0 Å². The van der Waals surface area contributed by atoms with Gasteiger partial charge in [-0.2, -0.15) is 5.01 Å². The Kier molecular flexibility index (Phi) is 6.82. The Balaban J connectivity index is 1.78. The lowest BCUT2D eigenvalue weighted by molar-refractivity contribution is -0.138. The molecule has 2 aliphatic rings. The summed E-state index contributed by atoms with van der Waals surface area (Å²) in [5.74, 6) is -2.70. The molecular formula is C30H26ClFN2O5. The van der Waals surface area contributed by atoms with Gasteiger partial charge in [0.05, 0.1) is 31.2 Å². The number of halogens is 2. The highest BCUT2D eigenvalue weighted by molar-refractivity contribution is 6.30. The molecule has 9 heteroatoms. The first-order chi connectivity index (χ1) is 18.8. The smallest absolute Gasteiger partial charge is 0.260 e. The van der Waals surface area contributed by atoms with E-state index in [-0.39, 0.29) is 17.9 Å². The van der Waals surface area contributed by atoms with Crippen molar-refractivity contribution in [2.45, 2.75) is 17.8 Å². The molecule has 0 spiro atoms. The van der Waals surface area contributed by atoms with E-state index in [0.29, 0.717) is 33.2 Å². The van der Waals surface area contributed by atoms with E-state index >= 15 is 0 Å². The zero-order valence-electron chi connectivity index (χ0n) is 21.3. The zero-order valence-corrected chi connectivity index (χ0v) is 22.0. The van der Waals surface area contributed by atoms with Crippen molar-refractivity contribution in [3.05, 3.63) is 107 Å². The largest absolute Gasteiger partial charge is 0.507 e. The molecule has 1 fully saturated rings. The number of allylic oxidation sites excluding steroid dienone is 3. The quantitative estimate of drug-likeness (QED) is 0.365. The van der Waals surface area contributed by atoms with Crippen LogP contribution in [0.1, 0.15) is 23.5 Å². The van der Waals surface area contributed by atoms with Gasteiger partial charge >= 0.3 is 0 Å². The van der Waals surface area contributed by atoms with Gasteiger partial charge in [0.2, 0.25) is 0 Å². The first-order valence-electron chi connectivity index (χ1n) is 12.2. The van der Waals surface area contributed by atoms with Gasteiger partial charge in [0.25, 0.3) is 11.8 Å². The number of nitrogens with one attached hydrogen (secondary N) is 1. The average molecular weight is 549 g/mol. The average Bonchev–Trinajstić information content (AvgIpc) is 3.16. The Labute approximate surface area is 230 Å². The number of anilines is 1. The van der Waals surface area contributed by atoms with E-state index in [4.69, 9.17) is 21.1 Å². The molecule has 0 bridgehead atoms. The number of benzene rings is 3. The van der Waals surface area contributed by atoms with E-state index in [2.05, 4.69) is 12.0 Å². The van der Waals surface area contributed by atoms with Crippen LogP contribution in [0, 0.1) is 11.7 Å². The van der Waals surface area contributed by atoms with E-state index in [1.165, 1.54) is 44.6 Å². The standard InChI is InChI=1S/C30H26ClFN2O5/c1-4-17-5-14-23-28(36)34(33-21-12-10-20(32)11-13-21)29(37)30(23,18-6-8-19(31)9-7-18)27(17)26-24(35)15-22(38-2)16-25(26)39-3/h4-13,15-16,23,27,33,35H,1,14H2,2-3H3. The molecule has 3 atom stereocenters. The fraction of sp³-hybridized carbons (Fsp3) is 0.200. The fourth-order valence-corrected chi connectivity index (χ4v) is 5.89. The summed E-state index contributed by atoms with van der Waals surface area (Å²) < 4.78 is 24.5. The molecule has 3 aromatic carbocycles. The minimum Gasteiger partial charge on any atom is -0.507 e.